The first-order valence-electron chi connectivity index (χ1n) is 6.76. The smallest absolute Gasteiger partial charge is 0.0686 e. The predicted octanol–water partition coefficient (Wildman–Crippen LogP) is 3.48. The second-order valence-corrected chi connectivity index (χ2v) is 6.48. The molecule has 2 bridgehead atoms. The van der Waals surface area contributed by atoms with Crippen molar-refractivity contribution >= 4 is 0 Å². The fourth-order valence-corrected chi connectivity index (χ4v) is 4.74. The quantitative estimate of drug-likeness (QED) is 0.641. The Morgan fingerprint density at radius 2 is 1.93 bits per heavy atom. The van der Waals surface area contributed by atoms with Gasteiger partial charge in [0.25, 0.3) is 0 Å². The molecule has 1 heterocycles. The fourth-order valence-electron chi connectivity index (χ4n) is 4.74. The van der Waals surface area contributed by atoms with Gasteiger partial charge in [0.1, 0.15) is 0 Å². The highest BCUT2D eigenvalue weighted by molar-refractivity contribution is 5.04. The zero-order valence-electron chi connectivity index (χ0n) is 10.3. The molecule has 2 aliphatic carbocycles. The molecule has 15 heavy (non-hydrogen) atoms. The maximum atomic E-state index is 6.06. The molecule has 6 atom stereocenters. The van der Waals surface area contributed by atoms with E-state index < -0.39 is 0 Å². The maximum Gasteiger partial charge on any atom is 0.0686 e. The molecule has 6 unspecified atom stereocenters. The van der Waals surface area contributed by atoms with Crippen molar-refractivity contribution in [2.45, 2.75) is 52.1 Å². The molecule has 0 spiro atoms. The van der Waals surface area contributed by atoms with Gasteiger partial charge in [-0.25, -0.2) is 0 Å². The molecular weight excluding hydrogens is 184 g/mol. The summed E-state index contributed by atoms with van der Waals surface area (Å²) in [4.78, 5) is 0. The minimum Gasteiger partial charge on any atom is -0.375 e. The molecule has 0 aromatic carbocycles. The Morgan fingerprint density at radius 3 is 2.47 bits per heavy atom. The van der Waals surface area contributed by atoms with Crippen molar-refractivity contribution in [3.05, 3.63) is 0 Å². The largest absolute Gasteiger partial charge is 0.375 e. The lowest BCUT2D eigenvalue weighted by Crippen LogP contribution is -2.40. The third kappa shape index (κ3) is 1.32. The van der Waals surface area contributed by atoms with Crippen LogP contribution in [0.4, 0.5) is 0 Å². The fraction of sp³-hybridized carbons (Fsp3) is 1.00. The van der Waals surface area contributed by atoms with Crippen molar-refractivity contribution in [2.75, 3.05) is 6.61 Å². The first-order valence-corrected chi connectivity index (χ1v) is 6.76. The van der Waals surface area contributed by atoms with Gasteiger partial charge in [0.2, 0.25) is 0 Å². The molecule has 3 rings (SSSR count). The topological polar surface area (TPSA) is 9.23 Å². The van der Waals surface area contributed by atoms with Gasteiger partial charge in [-0.3, -0.25) is 0 Å². The van der Waals surface area contributed by atoms with E-state index in [4.69, 9.17) is 4.74 Å². The average Bonchev–Trinajstić information content (AvgIpc) is 2.86. The van der Waals surface area contributed by atoms with Crippen LogP contribution in [0.2, 0.25) is 0 Å². The molecule has 2 saturated carbocycles. The maximum absolute atomic E-state index is 6.06. The molecule has 0 aromatic heterocycles. The Bertz CT molecular complexity index is 252. The minimum atomic E-state index is 0.244. The van der Waals surface area contributed by atoms with E-state index in [0.717, 1.165) is 36.2 Å². The van der Waals surface area contributed by atoms with Gasteiger partial charge in [-0.05, 0) is 62.2 Å². The predicted molar refractivity (Wildman–Crippen MR) is 61.6 cm³/mol. The van der Waals surface area contributed by atoms with Crippen LogP contribution < -0.4 is 0 Å². The summed E-state index contributed by atoms with van der Waals surface area (Å²) in [5.74, 6) is 4.76. The summed E-state index contributed by atoms with van der Waals surface area (Å²) in [5, 5.41) is 0. The van der Waals surface area contributed by atoms with Crippen molar-refractivity contribution in [3.63, 3.8) is 0 Å². The summed E-state index contributed by atoms with van der Waals surface area (Å²) >= 11 is 0. The standard InChI is InChI=1S/C14H24O/c1-9-10(2)12-7-11(9)8-13(12)14(3)5-4-6-15-14/h9-13H,4-8H2,1-3H3. The van der Waals surface area contributed by atoms with Crippen LogP contribution >= 0.6 is 0 Å². The highest BCUT2D eigenvalue weighted by Gasteiger charge is 2.55. The summed E-state index contributed by atoms with van der Waals surface area (Å²) in [5.41, 5.74) is 0.244. The second kappa shape index (κ2) is 3.23. The van der Waals surface area contributed by atoms with Gasteiger partial charge in [0, 0.05) is 6.61 Å². The Labute approximate surface area is 93.6 Å². The molecule has 0 N–H and O–H groups in total. The first-order chi connectivity index (χ1) is 7.12. The van der Waals surface area contributed by atoms with Crippen molar-refractivity contribution in [3.8, 4) is 0 Å². The van der Waals surface area contributed by atoms with E-state index in [1.807, 2.05) is 0 Å². The zero-order valence-corrected chi connectivity index (χ0v) is 10.3. The summed E-state index contributed by atoms with van der Waals surface area (Å²) < 4.78 is 6.06. The van der Waals surface area contributed by atoms with Gasteiger partial charge in [-0.15, -0.1) is 0 Å². The summed E-state index contributed by atoms with van der Waals surface area (Å²) in [6, 6.07) is 0. The van der Waals surface area contributed by atoms with Gasteiger partial charge < -0.3 is 4.74 Å². The number of ether oxygens (including phenoxy) is 1. The van der Waals surface area contributed by atoms with Crippen LogP contribution in [0.1, 0.15) is 46.5 Å². The lowest BCUT2D eigenvalue weighted by Gasteiger charge is -2.40. The third-order valence-electron chi connectivity index (χ3n) is 5.93. The van der Waals surface area contributed by atoms with E-state index in [9.17, 15) is 0 Å². The van der Waals surface area contributed by atoms with Crippen LogP contribution in [0.3, 0.4) is 0 Å². The number of fused-ring (bicyclic) bond motifs is 2. The molecule has 1 nitrogen and oxygen atoms in total. The van der Waals surface area contributed by atoms with Crippen LogP contribution in [-0.4, -0.2) is 12.2 Å². The summed E-state index contributed by atoms with van der Waals surface area (Å²) in [6.07, 6.45) is 5.54. The zero-order chi connectivity index (χ0) is 10.6. The van der Waals surface area contributed by atoms with E-state index in [1.165, 1.54) is 25.7 Å². The monoisotopic (exact) mass is 208 g/mol. The lowest BCUT2D eigenvalue weighted by atomic mass is 9.69. The van der Waals surface area contributed by atoms with E-state index in [2.05, 4.69) is 20.8 Å². The molecular formula is C14H24O. The molecule has 86 valence electrons. The van der Waals surface area contributed by atoms with Crippen LogP contribution in [0.25, 0.3) is 0 Å². The van der Waals surface area contributed by atoms with Crippen LogP contribution in [0, 0.1) is 29.6 Å². The van der Waals surface area contributed by atoms with E-state index in [1.54, 1.807) is 0 Å². The van der Waals surface area contributed by atoms with Crippen molar-refractivity contribution in [1.82, 2.24) is 0 Å². The highest BCUT2D eigenvalue weighted by atomic mass is 16.5. The number of hydrogen-bond donors (Lipinski definition) is 0. The molecule has 0 radical (unpaired) electrons. The molecule has 0 amide bonds. The van der Waals surface area contributed by atoms with Crippen LogP contribution in [-0.2, 0) is 4.74 Å². The Kier molecular flexibility index (Phi) is 2.18. The van der Waals surface area contributed by atoms with Gasteiger partial charge in [0.05, 0.1) is 5.60 Å². The van der Waals surface area contributed by atoms with Crippen LogP contribution in [0.15, 0.2) is 0 Å². The van der Waals surface area contributed by atoms with Crippen molar-refractivity contribution in [1.29, 1.82) is 0 Å². The Balaban J connectivity index is 1.80. The Morgan fingerprint density at radius 1 is 1.13 bits per heavy atom. The summed E-state index contributed by atoms with van der Waals surface area (Å²) in [7, 11) is 0. The minimum absolute atomic E-state index is 0.244. The van der Waals surface area contributed by atoms with Crippen molar-refractivity contribution < 1.29 is 4.74 Å². The molecule has 0 aromatic rings. The molecule has 1 saturated heterocycles. The van der Waals surface area contributed by atoms with Crippen LogP contribution in [0.5, 0.6) is 0 Å². The SMILES string of the molecule is CC1C2CC(C1C)C(C1(C)CCCO1)C2. The normalized spacial score (nSPS) is 59.0. The average molecular weight is 208 g/mol. The van der Waals surface area contributed by atoms with Gasteiger partial charge in [-0.2, -0.15) is 0 Å². The van der Waals surface area contributed by atoms with Crippen molar-refractivity contribution in [2.24, 2.45) is 29.6 Å². The first kappa shape index (κ1) is 10.1. The summed E-state index contributed by atoms with van der Waals surface area (Å²) in [6.45, 7) is 8.32. The molecule has 3 fully saturated rings. The highest BCUT2D eigenvalue weighted by Crippen LogP contribution is 2.59. The van der Waals surface area contributed by atoms with Gasteiger partial charge in [-0.1, -0.05) is 13.8 Å². The van der Waals surface area contributed by atoms with Gasteiger partial charge in [0.15, 0.2) is 0 Å². The third-order valence-corrected chi connectivity index (χ3v) is 5.93. The molecule has 3 aliphatic rings. The second-order valence-electron chi connectivity index (χ2n) is 6.48. The van der Waals surface area contributed by atoms with E-state index >= 15 is 0 Å². The Hall–Kier alpha value is -0.0400. The van der Waals surface area contributed by atoms with E-state index in [0.29, 0.717) is 0 Å². The van der Waals surface area contributed by atoms with E-state index in [-0.39, 0.29) is 5.60 Å². The number of hydrogen-bond acceptors (Lipinski definition) is 1. The lowest BCUT2D eigenvalue weighted by molar-refractivity contribution is -0.0604. The molecule has 1 aliphatic heterocycles. The van der Waals surface area contributed by atoms with Gasteiger partial charge >= 0.3 is 0 Å². The molecule has 1 heteroatoms. The number of rotatable bonds is 1.